The molecule has 5 heteroatoms. The van der Waals surface area contributed by atoms with Crippen molar-refractivity contribution in [1.82, 2.24) is 9.55 Å². The standard InChI is InChI=1S/C14H11N3O2/c18-14(19)16-10-5-7-11(8-6-10)17-9-15-12-3-1-2-4-13(12)17/h1-9,16H,(H,18,19). The molecular formula is C14H11N3O2. The number of fused-ring (bicyclic) bond motifs is 1. The maximum atomic E-state index is 10.5. The van der Waals surface area contributed by atoms with Crippen LogP contribution in [0.25, 0.3) is 16.7 Å². The molecule has 3 rings (SSSR count). The molecule has 0 aliphatic heterocycles. The third-order valence-electron chi connectivity index (χ3n) is 2.85. The summed E-state index contributed by atoms with van der Waals surface area (Å²) in [4.78, 5) is 14.8. The smallest absolute Gasteiger partial charge is 0.409 e. The molecule has 0 bridgehead atoms. The van der Waals surface area contributed by atoms with Gasteiger partial charge < -0.3 is 5.11 Å². The summed E-state index contributed by atoms with van der Waals surface area (Å²) in [7, 11) is 0. The van der Waals surface area contributed by atoms with Gasteiger partial charge in [-0.15, -0.1) is 0 Å². The Morgan fingerprint density at radius 2 is 1.84 bits per heavy atom. The number of rotatable bonds is 2. The van der Waals surface area contributed by atoms with Crippen LogP contribution in [0.5, 0.6) is 0 Å². The van der Waals surface area contributed by atoms with Gasteiger partial charge in [0, 0.05) is 11.4 Å². The largest absolute Gasteiger partial charge is 0.465 e. The first kappa shape index (κ1) is 11.3. The van der Waals surface area contributed by atoms with Crippen molar-refractivity contribution in [3.8, 4) is 5.69 Å². The van der Waals surface area contributed by atoms with Gasteiger partial charge >= 0.3 is 6.09 Å². The lowest BCUT2D eigenvalue weighted by Crippen LogP contribution is -2.07. The predicted octanol–water partition coefficient (Wildman–Crippen LogP) is 3.12. The Hall–Kier alpha value is -2.82. The molecule has 3 aromatic rings. The Kier molecular flexibility index (Phi) is 2.64. The van der Waals surface area contributed by atoms with Gasteiger partial charge in [-0.3, -0.25) is 9.88 Å². The molecule has 1 heterocycles. The van der Waals surface area contributed by atoms with Gasteiger partial charge in [-0.1, -0.05) is 12.1 Å². The first-order valence-corrected chi connectivity index (χ1v) is 5.76. The van der Waals surface area contributed by atoms with Crippen LogP contribution in [0.1, 0.15) is 0 Å². The molecule has 0 radical (unpaired) electrons. The number of amides is 1. The number of para-hydroxylation sites is 2. The van der Waals surface area contributed by atoms with E-state index in [9.17, 15) is 4.79 Å². The van der Waals surface area contributed by atoms with E-state index in [0.29, 0.717) is 5.69 Å². The van der Waals surface area contributed by atoms with Crippen molar-refractivity contribution < 1.29 is 9.90 Å². The molecule has 5 nitrogen and oxygen atoms in total. The lowest BCUT2D eigenvalue weighted by atomic mass is 10.2. The Morgan fingerprint density at radius 3 is 2.58 bits per heavy atom. The molecule has 0 aliphatic carbocycles. The van der Waals surface area contributed by atoms with Gasteiger partial charge in [0.1, 0.15) is 6.33 Å². The monoisotopic (exact) mass is 253 g/mol. The van der Waals surface area contributed by atoms with Gasteiger partial charge in [0.15, 0.2) is 0 Å². The van der Waals surface area contributed by atoms with Crippen LogP contribution in [0.4, 0.5) is 10.5 Å². The molecule has 0 atom stereocenters. The lowest BCUT2D eigenvalue weighted by Gasteiger charge is -2.06. The summed E-state index contributed by atoms with van der Waals surface area (Å²) in [6, 6.07) is 15.0. The minimum absolute atomic E-state index is 0.542. The summed E-state index contributed by atoms with van der Waals surface area (Å²) in [5, 5.41) is 10.9. The highest BCUT2D eigenvalue weighted by Gasteiger charge is 2.04. The van der Waals surface area contributed by atoms with E-state index in [1.165, 1.54) is 0 Å². The summed E-state index contributed by atoms with van der Waals surface area (Å²) >= 11 is 0. The van der Waals surface area contributed by atoms with Gasteiger partial charge in [0.2, 0.25) is 0 Å². The van der Waals surface area contributed by atoms with Gasteiger partial charge in [-0.2, -0.15) is 0 Å². The fourth-order valence-corrected chi connectivity index (χ4v) is 1.99. The number of aromatic nitrogens is 2. The van der Waals surface area contributed by atoms with Gasteiger partial charge in [0.05, 0.1) is 11.0 Å². The Morgan fingerprint density at radius 1 is 1.11 bits per heavy atom. The van der Waals surface area contributed by atoms with E-state index in [-0.39, 0.29) is 0 Å². The molecule has 0 spiro atoms. The summed E-state index contributed by atoms with van der Waals surface area (Å²) in [6.45, 7) is 0. The second-order valence-corrected chi connectivity index (χ2v) is 4.08. The number of hydrogen-bond donors (Lipinski definition) is 2. The van der Waals surface area contributed by atoms with E-state index in [2.05, 4.69) is 10.3 Å². The van der Waals surface area contributed by atoms with E-state index >= 15 is 0 Å². The third-order valence-corrected chi connectivity index (χ3v) is 2.85. The fraction of sp³-hybridized carbons (Fsp3) is 0. The average Bonchev–Trinajstić information content (AvgIpc) is 2.83. The van der Waals surface area contributed by atoms with E-state index in [1.54, 1.807) is 18.5 Å². The van der Waals surface area contributed by atoms with Crippen LogP contribution in [-0.2, 0) is 0 Å². The van der Waals surface area contributed by atoms with E-state index in [4.69, 9.17) is 5.11 Å². The second-order valence-electron chi connectivity index (χ2n) is 4.08. The first-order chi connectivity index (χ1) is 9.24. The zero-order valence-corrected chi connectivity index (χ0v) is 9.95. The number of anilines is 1. The van der Waals surface area contributed by atoms with Crippen molar-refractivity contribution in [3.63, 3.8) is 0 Å². The molecule has 1 aromatic heterocycles. The Balaban J connectivity index is 2.00. The number of hydrogen-bond acceptors (Lipinski definition) is 2. The third kappa shape index (κ3) is 2.13. The van der Waals surface area contributed by atoms with Crippen LogP contribution in [0.15, 0.2) is 54.9 Å². The molecule has 19 heavy (non-hydrogen) atoms. The maximum Gasteiger partial charge on any atom is 0.409 e. The second kappa shape index (κ2) is 4.45. The Bertz CT molecular complexity index is 732. The number of nitrogens with one attached hydrogen (secondary N) is 1. The normalized spacial score (nSPS) is 10.5. The summed E-state index contributed by atoms with van der Waals surface area (Å²) in [5.74, 6) is 0. The van der Waals surface area contributed by atoms with Crippen LogP contribution >= 0.6 is 0 Å². The van der Waals surface area contributed by atoms with Crippen molar-refractivity contribution in [1.29, 1.82) is 0 Å². The SMILES string of the molecule is O=C(O)Nc1ccc(-n2cnc3ccccc32)cc1. The molecule has 0 saturated carbocycles. The first-order valence-electron chi connectivity index (χ1n) is 5.76. The quantitative estimate of drug-likeness (QED) is 0.737. The number of carboxylic acid groups (broad SMARTS) is 1. The van der Waals surface area contributed by atoms with Crippen molar-refractivity contribution in [2.24, 2.45) is 0 Å². The molecule has 1 amide bonds. The molecule has 0 saturated heterocycles. The van der Waals surface area contributed by atoms with Crippen molar-refractivity contribution in [2.45, 2.75) is 0 Å². The zero-order chi connectivity index (χ0) is 13.2. The van der Waals surface area contributed by atoms with Crippen LogP contribution in [0.3, 0.4) is 0 Å². The van der Waals surface area contributed by atoms with Crippen molar-refractivity contribution >= 4 is 22.8 Å². The average molecular weight is 253 g/mol. The molecule has 2 aromatic carbocycles. The van der Waals surface area contributed by atoms with Gasteiger partial charge in [0.25, 0.3) is 0 Å². The maximum absolute atomic E-state index is 10.5. The fourth-order valence-electron chi connectivity index (χ4n) is 1.99. The minimum atomic E-state index is -1.07. The van der Waals surface area contributed by atoms with E-state index in [0.717, 1.165) is 16.7 Å². The van der Waals surface area contributed by atoms with Crippen molar-refractivity contribution in [2.75, 3.05) is 5.32 Å². The van der Waals surface area contributed by atoms with Crippen LogP contribution in [0, 0.1) is 0 Å². The highest BCUT2D eigenvalue weighted by atomic mass is 16.4. The van der Waals surface area contributed by atoms with E-state index in [1.807, 2.05) is 41.0 Å². The topological polar surface area (TPSA) is 67.2 Å². The number of imidazole rings is 1. The molecule has 2 N–H and O–H groups in total. The lowest BCUT2D eigenvalue weighted by molar-refractivity contribution is 0.210. The van der Waals surface area contributed by atoms with Crippen LogP contribution < -0.4 is 5.32 Å². The van der Waals surface area contributed by atoms with Crippen molar-refractivity contribution in [3.05, 3.63) is 54.9 Å². The van der Waals surface area contributed by atoms with Crippen LogP contribution in [-0.4, -0.2) is 20.8 Å². The highest BCUT2D eigenvalue weighted by Crippen LogP contribution is 2.19. The van der Waals surface area contributed by atoms with Gasteiger partial charge in [-0.05, 0) is 36.4 Å². The summed E-state index contributed by atoms with van der Waals surface area (Å²) < 4.78 is 1.96. The van der Waals surface area contributed by atoms with E-state index < -0.39 is 6.09 Å². The number of nitrogens with zero attached hydrogens (tertiary/aromatic N) is 2. The Labute approximate surface area is 109 Å². The summed E-state index contributed by atoms with van der Waals surface area (Å²) in [5.41, 5.74) is 3.42. The van der Waals surface area contributed by atoms with Gasteiger partial charge in [-0.25, -0.2) is 9.78 Å². The van der Waals surface area contributed by atoms with Crippen LogP contribution in [0.2, 0.25) is 0 Å². The highest BCUT2D eigenvalue weighted by molar-refractivity contribution is 5.83. The predicted molar refractivity (Wildman–Crippen MR) is 72.7 cm³/mol. The molecule has 0 fully saturated rings. The summed E-state index contributed by atoms with van der Waals surface area (Å²) in [6.07, 6.45) is 0.686. The molecular weight excluding hydrogens is 242 g/mol. The molecule has 94 valence electrons. The number of benzene rings is 2. The molecule has 0 aliphatic rings. The zero-order valence-electron chi connectivity index (χ0n) is 9.95. The minimum Gasteiger partial charge on any atom is -0.465 e. The number of carbonyl (C=O) groups is 1. The molecule has 0 unspecified atom stereocenters.